The summed E-state index contributed by atoms with van der Waals surface area (Å²) >= 11 is 0. The van der Waals surface area contributed by atoms with E-state index in [0.717, 1.165) is 16.7 Å². The van der Waals surface area contributed by atoms with E-state index in [9.17, 15) is 8.42 Å². The van der Waals surface area contributed by atoms with Crippen LogP contribution in [0.25, 0.3) is 0 Å². The first kappa shape index (κ1) is 15.5. The molecule has 0 aromatic heterocycles. The highest BCUT2D eigenvalue weighted by atomic mass is 32.2. The molecule has 4 nitrogen and oxygen atoms in total. The van der Waals surface area contributed by atoms with Gasteiger partial charge >= 0.3 is 0 Å². The molecule has 0 fully saturated rings. The average Bonchev–Trinajstić information content (AvgIpc) is 2.38. The second kappa shape index (κ2) is 5.87. The molecule has 0 spiro atoms. The van der Waals surface area contributed by atoms with Gasteiger partial charge in [0.05, 0.1) is 5.69 Å². The van der Waals surface area contributed by atoms with Crippen LogP contribution in [-0.4, -0.2) is 8.42 Å². The van der Waals surface area contributed by atoms with Gasteiger partial charge in [0.1, 0.15) is 4.90 Å². The van der Waals surface area contributed by atoms with Crippen LogP contribution in [0.1, 0.15) is 29.7 Å². The summed E-state index contributed by atoms with van der Waals surface area (Å²) < 4.78 is 27.5. The van der Waals surface area contributed by atoms with Gasteiger partial charge in [-0.2, -0.15) is 0 Å². The van der Waals surface area contributed by atoms with Crippen LogP contribution >= 0.6 is 0 Å². The van der Waals surface area contributed by atoms with E-state index in [4.69, 9.17) is 5.73 Å². The minimum atomic E-state index is -3.64. The standard InChI is InChI=1S/C16H20N2O2S/c1-11-8-9-14(12(2)10-11)13(3)18-21(19,20)16-7-5-4-6-15(16)17/h4-10,13,18H,17H2,1-3H3. The summed E-state index contributed by atoms with van der Waals surface area (Å²) in [5.74, 6) is 0. The molecule has 0 heterocycles. The van der Waals surface area contributed by atoms with Crippen LogP contribution in [0.15, 0.2) is 47.4 Å². The predicted molar refractivity (Wildman–Crippen MR) is 85.5 cm³/mol. The van der Waals surface area contributed by atoms with E-state index in [0.29, 0.717) is 0 Å². The van der Waals surface area contributed by atoms with Crippen molar-refractivity contribution in [3.05, 3.63) is 59.2 Å². The molecular weight excluding hydrogens is 284 g/mol. The fourth-order valence-corrected chi connectivity index (χ4v) is 3.75. The second-order valence-electron chi connectivity index (χ2n) is 5.24. The smallest absolute Gasteiger partial charge is 0.243 e. The Balaban J connectivity index is 2.30. The van der Waals surface area contributed by atoms with E-state index in [1.807, 2.05) is 39.0 Å². The van der Waals surface area contributed by atoms with Gasteiger partial charge in [-0.05, 0) is 44.0 Å². The lowest BCUT2D eigenvalue weighted by Gasteiger charge is -2.18. The molecule has 0 aliphatic heterocycles. The van der Waals surface area contributed by atoms with E-state index >= 15 is 0 Å². The van der Waals surface area contributed by atoms with Crippen molar-refractivity contribution in [3.63, 3.8) is 0 Å². The summed E-state index contributed by atoms with van der Waals surface area (Å²) in [5.41, 5.74) is 9.17. The Morgan fingerprint density at radius 3 is 2.38 bits per heavy atom. The van der Waals surface area contributed by atoms with Crippen LogP contribution in [0, 0.1) is 13.8 Å². The average molecular weight is 304 g/mol. The number of para-hydroxylation sites is 1. The van der Waals surface area contributed by atoms with Gasteiger partial charge in [0.2, 0.25) is 10.0 Å². The molecule has 5 heteroatoms. The topological polar surface area (TPSA) is 72.2 Å². The summed E-state index contributed by atoms with van der Waals surface area (Å²) in [5, 5.41) is 0. The molecule has 21 heavy (non-hydrogen) atoms. The monoisotopic (exact) mass is 304 g/mol. The van der Waals surface area contributed by atoms with Gasteiger partial charge in [-0.15, -0.1) is 0 Å². The maximum absolute atomic E-state index is 12.4. The molecule has 0 saturated heterocycles. The minimum absolute atomic E-state index is 0.113. The van der Waals surface area contributed by atoms with E-state index in [1.54, 1.807) is 18.2 Å². The quantitative estimate of drug-likeness (QED) is 0.853. The summed E-state index contributed by atoms with van der Waals surface area (Å²) in [4.78, 5) is 0.113. The first-order valence-corrected chi connectivity index (χ1v) is 8.23. The number of nitrogens with two attached hydrogens (primary N) is 1. The van der Waals surface area contributed by atoms with Crippen LogP contribution < -0.4 is 10.5 Å². The largest absolute Gasteiger partial charge is 0.398 e. The van der Waals surface area contributed by atoms with Crippen molar-refractivity contribution in [2.75, 3.05) is 5.73 Å². The number of nitrogens with one attached hydrogen (secondary N) is 1. The van der Waals surface area contributed by atoms with Gasteiger partial charge in [-0.1, -0.05) is 35.9 Å². The number of nitrogen functional groups attached to an aromatic ring is 1. The van der Waals surface area contributed by atoms with Gasteiger partial charge in [0, 0.05) is 6.04 Å². The number of aryl methyl sites for hydroxylation is 2. The van der Waals surface area contributed by atoms with Crippen molar-refractivity contribution < 1.29 is 8.42 Å². The van der Waals surface area contributed by atoms with Crippen LogP contribution in [0.4, 0.5) is 5.69 Å². The SMILES string of the molecule is Cc1ccc(C(C)NS(=O)(=O)c2ccccc2N)c(C)c1. The Morgan fingerprint density at radius 1 is 1.10 bits per heavy atom. The first-order chi connectivity index (χ1) is 9.81. The Hall–Kier alpha value is -1.85. The third-order valence-corrected chi connectivity index (χ3v) is 5.05. The number of hydrogen-bond donors (Lipinski definition) is 2. The molecule has 0 aliphatic carbocycles. The molecule has 2 rings (SSSR count). The van der Waals surface area contributed by atoms with Gasteiger partial charge in [0.15, 0.2) is 0 Å². The summed E-state index contributed by atoms with van der Waals surface area (Å²) in [7, 11) is -3.64. The molecule has 112 valence electrons. The highest BCUT2D eigenvalue weighted by molar-refractivity contribution is 7.89. The third-order valence-electron chi connectivity index (χ3n) is 3.43. The maximum Gasteiger partial charge on any atom is 0.243 e. The maximum atomic E-state index is 12.4. The highest BCUT2D eigenvalue weighted by Gasteiger charge is 2.21. The number of rotatable bonds is 4. The van der Waals surface area contributed by atoms with E-state index in [1.165, 1.54) is 6.07 Å². The molecule has 0 aliphatic rings. The lowest BCUT2D eigenvalue weighted by Crippen LogP contribution is -2.28. The highest BCUT2D eigenvalue weighted by Crippen LogP contribution is 2.23. The zero-order chi connectivity index (χ0) is 15.6. The summed E-state index contributed by atoms with van der Waals surface area (Å²) in [6.45, 7) is 5.81. The molecule has 0 bridgehead atoms. The van der Waals surface area contributed by atoms with Crippen molar-refractivity contribution >= 4 is 15.7 Å². The van der Waals surface area contributed by atoms with Crippen LogP contribution in [0.5, 0.6) is 0 Å². The Kier molecular flexibility index (Phi) is 4.34. The Morgan fingerprint density at radius 2 is 1.76 bits per heavy atom. The van der Waals surface area contributed by atoms with Crippen LogP contribution in [0.3, 0.4) is 0 Å². The number of sulfonamides is 1. The van der Waals surface area contributed by atoms with Crippen molar-refractivity contribution in [2.24, 2.45) is 0 Å². The molecule has 1 unspecified atom stereocenters. The van der Waals surface area contributed by atoms with Crippen LogP contribution in [-0.2, 0) is 10.0 Å². The van der Waals surface area contributed by atoms with Crippen molar-refractivity contribution in [1.82, 2.24) is 4.72 Å². The van der Waals surface area contributed by atoms with Gasteiger partial charge in [-0.25, -0.2) is 13.1 Å². The van der Waals surface area contributed by atoms with Crippen LogP contribution in [0.2, 0.25) is 0 Å². The van der Waals surface area contributed by atoms with E-state index in [2.05, 4.69) is 4.72 Å². The summed E-state index contributed by atoms with van der Waals surface area (Å²) in [6, 6.07) is 12.1. The molecule has 0 amide bonds. The van der Waals surface area contributed by atoms with E-state index < -0.39 is 10.0 Å². The third kappa shape index (κ3) is 3.43. The molecule has 0 saturated carbocycles. The summed E-state index contributed by atoms with van der Waals surface area (Å²) in [6.07, 6.45) is 0. The van der Waals surface area contributed by atoms with Gasteiger partial charge in [-0.3, -0.25) is 0 Å². The normalized spacial score (nSPS) is 13.1. The first-order valence-electron chi connectivity index (χ1n) is 6.75. The fraction of sp³-hybridized carbons (Fsp3) is 0.250. The molecule has 3 N–H and O–H groups in total. The van der Waals surface area contributed by atoms with E-state index in [-0.39, 0.29) is 16.6 Å². The van der Waals surface area contributed by atoms with Crippen molar-refractivity contribution in [3.8, 4) is 0 Å². The van der Waals surface area contributed by atoms with Gasteiger partial charge < -0.3 is 5.73 Å². The fourth-order valence-electron chi connectivity index (χ4n) is 2.40. The lowest BCUT2D eigenvalue weighted by atomic mass is 10.0. The predicted octanol–water partition coefficient (Wildman–Crippen LogP) is 2.93. The molecule has 1 atom stereocenters. The Labute approximate surface area is 126 Å². The second-order valence-corrected chi connectivity index (χ2v) is 6.92. The van der Waals surface area contributed by atoms with Crippen molar-refractivity contribution in [2.45, 2.75) is 31.7 Å². The molecular formula is C16H20N2O2S. The zero-order valence-corrected chi connectivity index (χ0v) is 13.2. The number of anilines is 1. The number of hydrogen-bond acceptors (Lipinski definition) is 3. The van der Waals surface area contributed by atoms with Gasteiger partial charge in [0.25, 0.3) is 0 Å². The Bertz CT molecular complexity index is 755. The zero-order valence-electron chi connectivity index (χ0n) is 12.4. The minimum Gasteiger partial charge on any atom is -0.398 e. The lowest BCUT2D eigenvalue weighted by molar-refractivity contribution is 0.567. The molecule has 2 aromatic carbocycles. The molecule has 0 radical (unpaired) electrons. The van der Waals surface area contributed by atoms with Crippen molar-refractivity contribution in [1.29, 1.82) is 0 Å². The molecule has 2 aromatic rings. The number of benzene rings is 2.